The van der Waals surface area contributed by atoms with Gasteiger partial charge in [-0.05, 0) is 80.2 Å². The number of hydrogen-bond acceptors (Lipinski definition) is 6. The van der Waals surface area contributed by atoms with Gasteiger partial charge in [-0.3, -0.25) is 4.57 Å². The second kappa shape index (κ2) is 10.1. The number of ether oxygens (including phenoxy) is 1. The Morgan fingerprint density at radius 2 is 1.54 bits per heavy atom. The number of carbonyl (C=O) groups is 1. The number of amides is 2. The summed E-state index contributed by atoms with van der Waals surface area (Å²) in [5.74, 6) is 1.41. The molecule has 180 valence electrons. The molecule has 0 saturated heterocycles. The summed E-state index contributed by atoms with van der Waals surface area (Å²) in [6.07, 6.45) is 1.68. The van der Waals surface area contributed by atoms with Crippen molar-refractivity contribution in [2.75, 3.05) is 10.6 Å². The van der Waals surface area contributed by atoms with Crippen molar-refractivity contribution in [2.24, 2.45) is 0 Å². The Morgan fingerprint density at radius 3 is 2.06 bits per heavy atom. The fourth-order valence-corrected chi connectivity index (χ4v) is 3.53. The summed E-state index contributed by atoms with van der Waals surface area (Å²) in [4.78, 5) is 16.5. The van der Waals surface area contributed by atoms with E-state index in [1.165, 1.54) is 24.3 Å². The molecule has 2 aromatic carbocycles. The SMILES string of the molecule is Cc1ncn(-c2ccc(Oc3ccc(NC(=O)Nc4ccc(SC(F)(F)F)cc4)cc3)nn2)c1C. The number of aryl methyl sites for hydroxylation is 1. The highest BCUT2D eigenvalue weighted by Gasteiger charge is 2.29. The average Bonchev–Trinajstić information content (AvgIpc) is 3.14. The summed E-state index contributed by atoms with van der Waals surface area (Å²) in [5, 5.41) is 13.4. The molecule has 0 aliphatic carbocycles. The van der Waals surface area contributed by atoms with Crippen LogP contribution in [-0.2, 0) is 0 Å². The predicted molar refractivity (Wildman–Crippen MR) is 126 cm³/mol. The van der Waals surface area contributed by atoms with Crippen LogP contribution in [0.5, 0.6) is 11.6 Å². The summed E-state index contributed by atoms with van der Waals surface area (Å²) in [6, 6.07) is 14.9. The number of nitrogens with one attached hydrogen (secondary N) is 2. The predicted octanol–water partition coefficient (Wildman–Crippen LogP) is 6.33. The molecule has 0 saturated carbocycles. The molecule has 2 aromatic heterocycles. The first kappa shape index (κ1) is 24.1. The molecule has 0 spiro atoms. The van der Waals surface area contributed by atoms with Crippen LogP contribution in [0.1, 0.15) is 11.4 Å². The number of alkyl halides is 3. The minimum atomic E-state index is -4.36. The van der Waals surface area contributed by atoms with Gasteiger partial charge in [-0.1, -0.05) is 0 Å². The van der Waals surface area contributed by atoms with Gasteiger partial charge in [0.2, 0.25) is 5.88 Å². The van der Waals surface area contributed by atoms with Gasteiger partial charge in [0.05, 0.1) is 5.69 Å². The van der Waals surface area contributed by atoms with E-state index in [0.717, 1.165) is 11.4 Å². The van der Waals surface area contributed by atoms with Crippen LogP contribution in [0.3, 0.4) is 0 Å². The number of nitrogens with zero attached hydrogens (tertiary/aromatic N) is 4. The molecule has 0 atom stereocenters. The zero-order valence-electron chi connectivity index (χ0n) is 18.5. The fourth-order valence-electron chi connectivity index (χ4n) is 2.99. The first-order valence-corrected chi connectivity index (χ1v) is 11.0. The number of urea groups is 1. The third-order valence-electron chi connectivity index (χ3n) is 4.81. The molecule has 4 aromatic rings. The number of rotatable bonds is 6. The highest BCUT2D eigenvalue weighted by atomic mass is 32.2. The molecule has 0 radical (unpaired) electrons. The lowest BCUT2D eigenvalue weighted by molar-refractivity contribution is -0.0328. The number of anilines is 2. The van der Waals surface area contributed by atoms with Crippen LogP contribution in [0.2, 0.25) is 0 Å². The van der Waals surface area contributed by atoms with Gasteiger partial charge in [-0.2, -0.15) is 13.2 Å². The minimum Gasteiger partial charge on any atom is -0.438 e. The third-order valence-corrected chi connectivity index (χ3v) is 5.54. The maximum atomic E-state index is 12.4. The number of imidazole rings is 1. The lowest BCUT2D eigenvalue weighted by atomic mass is 10.3. The van der Waals surface area contributed by atoms with E-state index in [1.54, 1.807) is 42.7 Å². The van der Waals surface area contributed by atoms with Gasteiger partial charge in [0.25, 0.3) is 0 Å². The molecule has 12 heteroatoms. The largest absolute Gasteiger partial charge is 0.446 e. The molecule has 2 amide bonds. The van der Waals surface area contributed by atoms with E-state index < -0.39 is 11.5 Å². The molecule has 8 nitrogen and oxygen atoms in total. The lowest BCUT2D eigenvalue weighted by Gasteiger charge is -2.10. The molecule has 4 rings (SSSR count). The zero-order chi connectivity index (χ0) is 25.0. The molecule has 35 heavy (non-hydrogen) atoms. The Kier molecular flexibility index (Phi) is 6.92. The van der Waals surface area contributed by atoms with Crippen LogP contribution < -0.4 is 15.4 Å². The van der Waals surface area contributed by atoms with Crippen LogP contribution in [0.25, 0.3) is 5.82 Å². The van der Waals surface area contributed by atoms with Crippen molar-refractivity contribution in [3.8, 4) is 17.4 Å². The smallest absolute Gasteiger partial charge is 0.438 e. The Balaban J connectivity index is 1.31. The fraction of sp³-hybridized carbons (Fsp3) is 0.130. The summed E-state index contributed by atoms with van der Waals surface area (Å²) >= 11 is -0.218. The van der Waals surface area contributed by atoms with Crippen molar-refractivity contribution in [2.45, 2.75) is 24.3 Å². The maximum absolute atomic E-state index is 12.4. The molecule has 0 aliphatic rings. The van der Waals surface area contributed by atoms with E-state index in [0.29, 0.717) is 28.8 Å². The molecule has 0 unspecified atom stereocenters. The molecule has 0 fully saturated rings. The van der Waals surface area contributed by atoms with E-state index in [4.69, 9.17) is 4.74 Å². The number of hydrogen-bond donors (Lipinski definition) is 2. The van der Waals surface area contributed by atoms with Gasteiger partial charge in [0.1, 0.15) is 12.1 Å². The van der Waals surface area contributed by atoms with E-state index in [2.05, 4.69) is 25.8 Å². The lowest BCUT2D eigenvalue weighted by Crippen LogP contribution is -2.19. The summed E-state index contributed by atoms with van der Waals surface area (Å²) in [6.45, 7) is 3.86. The Labute approximate surface area is 202 Å². The Morgan fingerprint density at radius 1 is 0.914 bits per heavy atom. The van der Waals surface area contributed by atoms with Crippen LogP contribution >= 0.6 is 11.8 Å². The maximum Gasteiger partial charge on any atom is 0.446 e. The van der Waals surface area contributed by atoms with Gasteiger partial charge in [-0.15, -0.1) is 10.2 Å². The van der Waals surface area contributed by atoms with Crippen LogP contribution in [0.15, 0.2) is 71.9 Å². The third kappa shape index (κ3) is 6.51. The monoisotopic (exact) mass is 500 g/mol. The Bertz CT molecular complexity index is 1310. The number of benzene rings is 2. The van der Waals surface area contributed by atoms with Crippen molar-refractivity contribution in [3.63, 3.8) is 0 Å². The van der Waals surface area contributed by atoms with E-state index in [1.807, 2.05) is 18.4 Å². The van der Waals surface area contributed by atoms with Gasteiger partial charge in [0.15, 0.2) is 5.82 Å². The van der Waals surface area contributed by atoms with Crippen LogP contribution in [-0.4, -0.2) is 31.3 Å². The second-order valence-electron chi connectivity index (χ2n) is 7.29. The van der Waals surface area contributed by atoms with Gasteiger partial charge in [-0.25, -0.2) is 9.78 Å². The van der Waals surface area contributed by atoms with Crippen LogP contribution in [0.4, 0.5) is 29.3 Å². The van der Waals surface area contributed by atoms with Crippen LogP contribution in [0, 0.1) is 13.8 Å². The average molecular weight is 501 g/mol. The Hall–Kier alpha value is -4.06. The molecule has 2 N–H and O–H groups in total. The quantitative estimate of drug-likeness (QED) is 0.301. The van der Waals surface area contributed by atoms with Crippen molar-refractivity contribution >= 4 is 29.2 Å². The molecule has 0 aliphatic heterocycles. The van der Waals surface area contributed by atoms with Crippen molar-refractivity contribution < 1.29 is 22.7 Å². The standard InChI is InChI=1S/C23H19F3N6O2S/c1-14-15(2)32(13-27-14)20-11-12-21(31-30-20)34-18-7-3-16(4-8-18)28-22(33)29-17-5-9-19(10-6-17)35-23(24,25)26/h3-13H,1-2H3,(H2,28,29,33). The van der Waals surface area contributed by atoms with Gasteiger partial charge < -0.3 is 15.4 Å². The summed E-state index contributed by atoms with van der Waals surface area (Å²) in [5.41, 5.74) is -1.63. The summed E-state index contributed by atoms with van der Waals surface area (Å²) in [7, 11) is 0. The highest BCUT2D eigenvalue weighted by molar-refractivity contribution is 8.00. The topological polar surface area (TPSA) is 94.0 Å². The zero-order valence-corrected chi connectivity index (χ0v) is 19.3. The van der Waals surface area contributed by atoms with E-state index in [-0.39, 0.29) is 16.7 Å². The number of aromatic nitrogens is 4. The number of halogens is 3. The summed E-state index contributed by atoms with van der Waals surface area (Å²) < 4.78 is 44.7. The molecular formula is C23H19F3N6O2S. The van der Waals surface area contributed by atoms with Gasteiger partial charge >= 0.3 is 11.5 Å². The molecule has 0 bridgehead atoms. The first-order valence-electron chi connectivity index (χ1n) is 10.2. The van der Waals surface area contributed by atoms with E-state index >= 15 is 0 Å². The highest BCUT2D eigenvalue weighted by Crippen LogP contribution is 2.37. The van der Waals surface area contributed by atoms with E-state index in [9.17, 15) is 18.0 Å². The second-order valence-corrected chi connectivity index (χ2v) is 8.43. The first-order chi connectivity index (χ1) is 16.7. The van der Waals surface area contributed by atoms with Crippen molar-refractivity contribution in [1.82, 2.24) is 19.7 Å². The van der Waals surface area contributed by atoms with Crippen molar-refractivity contribution in [1.29, 1.82) is 0 Å². The minimum absolute atomic E-state index is 0.0327. The molecular weight excluding hydrogens is 481 g/mol. The van der Waals surface area contributed by atoms with Crippen molar-refractivity contribution in [3.05, 3.63) is 78.4 Å². The number of thioether (sulfide) groups is 1. The molecule has 2 heterocycles. The van der Waals surface area contributed by atoms with Gasteiger partial charge in [0, 0.05) is 28.0 Å². The number of carbonyl (C=O) groups excluding carboxylic acids is 1. The normalized spacial score (nSPS) is 11.2.